The Balaban J connectivity index is 1.99. The van der Waals surface area contributed by atoms with Crippen LogP contribution >= 0.6 is 0 Å². The number of nitrogens with two attached hydrogens (primary N) is 1. The van der Waals surface area contributed by atoms with Crippen molar-refractivity contribution in [2.24, 2.45) is 11.1 Å². The zero-order valence-corrected chi connectivity index (χ0v) is 15.9. The molecule has 1 aliphatic heterocycles. The summed E-state index contributed by atoms with van der Waals surface area (Å²) in [4.78, 5) is 11.3. The average Bonchev–Trinajstić information content (AvgIpc) is 2.55. The van der Waals surface area contributed by atoms with E-state index < -0.39 is 17.6 Å². The third-order valence-electron chi connectivity index (χ3n) is 4.42. The fourth-order valence-electron chi connectivity index (χ4n) is 3.22. The summed E-state index contributed by atoms with van der Waals surface area (Å²) < 4.78 is 30.9. The highest BCUT2D eigenvalue weighted by Crippen LogP contribution is 2.46. The topological polar surface area (TPSA) is 70.8 Å². The van der Waals surface area contributed by atoms with E-state index in [0.29, 0.717) is 23.7 Å². The predicted octanol–water partition coefficient (Wildman–Crippen LogP) is 4.83. The van der Waals surface area contributed by atoms with E-state index in [4.69, 9.17) is 19.9 Å². The van der Waals surface area contributed by atoms with Crippen LogP contribution in [0.25, 0.3) is 11.1 Å². The molecule has 27 heavy (non-hydrogen) atoms. The van der Waals surface area contributed by atoms with Crippen molar-refractivity contribution in [2.45, 2.75) is 39.9 Å². The number of fused-ring (bicyclic) bond motifs is 1. The standard InChI is InChI=1S/C21H24FNO4/c1-12(2)26-16-8-14(7-15(22)10-16)13-5-6-17-18(9-13)25-11-21(3,4)19(17)27-20(23)24/h5-10,12,19H,11H2,1-4H3,(H2,23,24). The maximum absolute atomic E-state index is 14.0. The van der Waals surface area contributed by atoms with Crippen LogP contribution in [0.2, 0.25) is 0 Å². The summed E-state index contributed by atoms with van der Waals surface area (Å²) in [5.41, 5.74) is 7.01. The molecule has 1 amide bonds. The molecule has 144 valence electrons. The van der Waals surface area contributed by atoms with E-state index in [1.165, 1.54) is 12.1 Å². The van der Waals surface area contributed by atoms with Gasteiger partial charge in [0.1, 0.15) is 23.4 Å². The van der Waals surface area contributed by atoms with Crippen molar-refractivity contribution in [1.29, 1.82) is 0 Å². The number of hydrogen-bond donors (Lipinski definition) is 1. The van der Waals surface area contributed by atoms with Gasteiger partial charge >= 0.3 is 6.09 Å². The summed E-state index contributed by atoms with van der Waals surface area (Å²) >= 11 is 0. The number of hydrogen-bond acceptors (Lipinski definition) is 4. The van der Waals surface area contributed by atoms with Crippen molar-refractivity contribution < 1.29 is 23.4 Å². The SMILES string of the molecule is CC(C)Oc1cc(F)cc(-c2ccc3c(c2)OCC(C)(C)C3OC(N)=O)c1. The van der Waals surface area contributed by atoms with Gasteiger partial charge in [0, 0.05) is 17.0 Å². The highest BCUT2D eigenvalue weighted by molar-refractivity contribution is 5.69. The van der Waals surface area contributed by atoms with Crippen molar-refractivity contribution >= 4 is 6.09 Å². The summed E-state index contributed by atoms with van der Waals surface area (Å²) in [5.74, 6) is 0.682. The molecule has 0 radical (unpaired) electrons. The zero-order valence-electron chi connectivity index (χ0n) is 15.9. The molecule has 0 spiro atoms. The van der Waals surface area contributed by atoms with Crippen molar-refractivity contribution in [3.05, 3.63) is 47.8 Å². The molecule has 2 N–H and O–H groups in total. The van der Waals surface area contributed by atoms with Gasteiger partial charge in [-0.25, -0.2) is 9.18 Å². The van der Waals surface area contributed by atoms with Crippen LogP contribution in [0.3, 0.4) is 0 Å². The quantitative estimate of drug-likeness (QED) is 0.833. The summed E-state index contributed by atoms with van der Waals surface area (Å²) in [6, 6.07) is 10.1. The van der Waals surface area contributed by atoms with E-state index in [-0.39, 0.29) is 11.9 Å². The van der Waals surface area contributed by atoms with Crippen LogP contribution < -0.4 is 15.2 Å². The van der Waals surface area contributed by atoms with E-state index in [9.17, 15) is 9.18 Å². The number of amides is 1. The molecule has 0 saturated heterocycles. The minimum atomic E-state index is -0.828. The van der Waals surface area contributed by atoms with Gasteiger partial charge in [-0.1, -0.05) is 26.0 Å². The molecule has 0 aliphatic carbocycles. The summed E-state index contributed by atoms with van der Waals surface area (Å²) in [6.45, 7) is 8.03. The van der Waals surface area contributed by atoms with Crippen LogP contribution in [0, 0.1) is 11.2 Å². The molecule has 0 bridgehead atoms. The second-order valence-corrected chi connectivity index (χ2v) is 7.69. The number of primary amides is 1. The van der Waals surface area contributed by atoms with E-state index in [1.807, 2.05) is 45.9 Å². The van der Waals surface area contributed by atoms with Crippen LogP contribution in [0.4, 0.5) is 9.18 Å². The Morgan fingerprint density at radius 3 is 2.63 bits per heavy atom. The first-order valence-electron chi connectivity index (χ1n) is 8.86. The highest BCUT2D eigenvalue weighted by atomic mass is 19.1. The smallest absolute Gasteiger partial charge is 0.405 e. The molecule has 0 saturated carbocycles. The Morgan fingerprint density at radius 1 is 1.22 bits per heavy atom. The normalized spacial score (nSPS) is 17.8. The molecule has 1 heterocycles. The van der Waals surface area contributed by atoms with Crippen LogP contribution in [-0.4, -0.2) is 18.8 Å². The molecule has 0 fully saturated rings. The molecule has 5 nitrogen and oxygen atoms in total. The average molecular weight is 373 g/mol. The van der Waals surface area contributed by atoms with Gasteiger partial charge in [0.05, 0.1) is 12.7 Å². The number of rotatable bonds is 4. The van der Waals surface area contributed by atoms with Crippen molar-refractivity contribution in [1.82, 2.24) is 0 Å². The van der Waals surface area contributed by atoms with Crippen molar-refractivity contribution in [3.8, 4) is 22.6 Å². The van der Waals surface area contributed by atoms with E-state index in [0.717, 1.165) is 11.1 Å². The molecule has 2 aromatic rings. The lowest BCUT2D eigenvalue weighted by molar-refractivity contribution is -0.0176. The molecule has 3 rings (SSSR count). The lowest BCUT2D eigenvalue weighted by Gasteiger charge is -2.38. The maximum atomic E-state index is 14.0. The molecular formula is C21H24FNO4. The maximum Gasteiger partial charge on any atom is 0.405 e. The fraction of sp³-hybridized carbons (Fsp3) is 0.381. The Labute approximate surface area is 158 Å². The Morgan fingerprint density at radius 2 is 1.96 bits per heavy atom. The first-order valence-corrected chi connectivity index (χ1v) is 8.86. The van der Waals surface area contributed by atoms with E-state index >= 15 is 0 Å². The van der Waals surface area contributed by atoms with Crippen molar-refractivity contribution in [2.75, 3.05) is 6.61 Å². The lowest BCUT2D eigenvalue weighted by Crippen LogP contribution is -2.37. The van der Waals surface area contributed by atoms with Crippen LogP contribution in [0.5, 0.6) is 11.5 Å². The van der Waals surface area contributed by atoms with E-state index in [1.54, 1.807) is 6.07 Å². The summed E-state index contributed by atoms with van der Waals surface area (Å²) in [6.07, 6.45) is -1.40. The van der Waals surface area contributed by atoms with Crippen LogP contribution in [-0.2, 0) is 4.74 Å². The van der Waals surface area contributed by atoms with Crippen LogP contribution in [0.15, 0.2) is 36.4 Å². The minimum Gasteiger partial charge on any atom is -0.492 e. The largest absolute Gasteiger partial charge is 0.492 e. The second-order valence-electron chi connectivity index (χ2n) is 7.69. The third-order valence-corrected chi connectivity index (χ3v) is 4.42. The molecule has 1 aliphatic rings. The highest BCUT2D eigenvalue weighted by Gasteiger charge is 2.40. The number of carbonyl (C=O) groups is 1. The van der Waals surface area contributed by atoms with Gasteiger partial charge in [0.15, 0.2) is 0 Å². The predicted molar refractivity (Wildman–Crippen MR) is 100 cm³/mol. The summed E-state index contributed by atoms with van der Waals surface area (Å²) in [7, 11) is 0. The van der Waals surface area contributed by atoms with Gasteiger partial charge in [-0.05, 0) is 43.2 Å². The van der Waals surface area contributed by atoms with Gasteiger partial charge in [-0.15, -0.1) is 0 Å². The van der Waals surface area contributed by atoms with Gasteiger partial charge in [-0.3, -0.25) is 0 Å². The van der Waals surface area contributed by atoms with Gasteiger partial charge in [0.2, 0.25) is 0 Å². The molecule has 2 aromatic carbocycles. The number of halogens is 1. The van der Waals surface area contributed by atoms with Gasteiger partial charge in [-0.2, -0.15) is 0 Å². The number of ether oxygens (including phenoxy) is 3. The Hall–Kier alpha value is -2.76. The van der Waals surface area contributed by atoms with E-state index in [2.05, 4.69) is 0 Å². The molecule has 6 heteroatoms. The van der Waals surface area contributed by atoms with Gasteiger partial charge < -0.3 is 19.9 Å². The Kier molecular flexibility index (Phi) is 5.00. The molecule has 0 aromatic heterocycles. The zero-order chi connectivity index (χ0) is 19.8. The lowest BCUT2D eigenvalue weighted by atomic mass is 9.80. The Bertz CT molecular complexity index is 863. The second kappa shape index (κ2) is 7.10. The number of benzene rings is 2. The molecular weight excluding hydrogens is 349 g/mol. The molecule has 1 unspecified atom stereocenters. The third kappa shape index (κ3) is 4.15. The van der Waals surface area contributed by atoms with Crippen LogP contribution in [0.1, 0.15) is 39.4 Å². The minimum absolute atomic E-state index is 0.0551. The first kappa shape index (κ1) is 19.0. The molecule has 1 atom stereocenters. The summed E-state index contributed by atoms with van der Waals surface area (Å²) in [5, 5.41) is 0. The fourth-order valence-corrected chi connectivity index (χ4v) is 3.22. The van der Waals surface area contributed by atoms with Crippen molar-refractivity contribution in [3.63, 3.8) is 0 Å². The van der Waals surface area contributed by atoms with Gasteiger partial charge in [0.25, 0.3) is 0 Å². The monoisotopic (exact) mass is 373 g/mol. The number of carbonyl (C=O) groups excluding carboxylic acids is 1. The first-order chi connectivity index (χ1) is 12.7.